The molecule has 39 nitrogen and oxygen atoms in total. The number of nitrogens with zero attached hydrogens (tertiary/aromatic N) is 3. The summed E-state index contributed by atoms with van der Waals surface area (Å²) in [6, 6.07) is -17.9. The lowest BCUT2D eigenvalue weighted by molar-refractivity contribution is -0.146. The van der Waals surface area contributed by atoms with Crippen LogP contribution in [-0.2, 0) is 71.9 Å². The van der Waals surface area contributed by atoms with Crippen LogP contribution in [-0.4, -0.2) is 273 Å². The van der Waals surface area contributed by atoms with Gasteiger partial charge in [0.2, 0.25) is 76.8 Å². The summed E-state index contributed by atoms with van der Waals surface area (Å²) >= 11 is 0. The van der Waals surface area contributed by atoms with Crippen molar-refractivity contribution in [3.05, 3.63) is 0 Å². The molecule has 25 N–H and O–H groups in total. The number of amides is 13. The largest absolute Gasteiger partial charge is 0.481 e. The van der Waals surface area contributed by atoms with Gasteiger partial charge in [0.15, 0.2) is 5.96 Å². The number of carbonyl (C=O) groups excluding carboxylic acids is 13. The van der Waals surface area contributed by atoms with Crippen LogP contribution in [0.25, 0.3) is 0 Å². The van der Waals surface area contributed by atoms with Crippen molar-refractivity contribution in [1.29, 1.82) is 0 Å². The highest BCUT2D eigenvalue weighted by Gasteiger charge is 2.42. The summed E-state index contributed by atoms with van der Waals surface area (Å²) in [5.41, 5.74) is 22.3. The van der Waals surface area contributed by atoms with Gasteiger partial charge >= 0.3 is 11.9 Å². The van der Waals surface area contributed by atoms with Gasteiger partial charge < -0.3 is 122 Å². The van der Waals surface area contributed by atoms with E-state index >= 15 is 0 Å². The Morgan fingerprint density at radius 1 is 0.531 bits per heavy atom. The molecule has 2 rings (SSSR count). The molecular weight excluding hydrogens is 1270 g/mol. The number of aliphatic carboxylic acids is 2. The summed E-state index contributed by atoms with van der Waals surface area (Å²) in [6.07, 6.45) is -0.758. The molecule has 0 aromatic heterocycles. The fraction of sp³-hybridized carbons (Fsp3) is 0.719. The predicted molar refractivity (Wildman–Crippen MR) is 336 cm³/mol. The van der Waals surface area contributed by atoms with E-state index in [1.54, 1.807) is 27.7 Å². The third-order valence-electron chi connectivity index (χ3n) is 15.8. The number of aliphatic hydroxyl groups excluding tert-OH is 4. The van der Waals surface area contributed by atoms with Gasteiger partial charge in [-0.15, -0.1) is 0 Å². The summed E-state index contributed by atoms with van der Waals surface area (Å²) in [6.45, 7) is 4.22. The summed E-state index contributed by atoms with van der Waals surface area (Å²) in [7, 11) is 0. The second-order valence-corrected chi connectivity index (χ2v) is 23.6. The standard InChI is InChI=1S/C57H98N18O21/c1-7-28(4)43(56(95)96)72-51(90)38-16-12-19-74(38)54(93)32(13-8-9-17-58)68-48(87)35(25-77)70-49(88)34(24-76)69-45(84)29(5)65-50(89)37-15-11-20-75(37)55(94)36(26-78)71-47(86)33(21-41(82)83)67-40(81)22-63-46(85)31(14-10-18-62-57(60)61)66-39(80)23-64-53(92)44(30(6)79)73-52(91)42(59)27(2)3/h27-38,42-44,76-79H,7-26,58-59H2,1-6H3,(H,63,85)(H,64,92)(H,65,89)(H,66,80)(H,67,81)(H,68,87)(H,69,84)(H,70,88)(H,71,86)(H,72,90)(H,73,91)(H,82,83)(H,95,96)(H4,60,61,62)/t28-,29-,30+,31-,32-,33-,34-,35-,36-,37-,38-,42-,43-,44-/m0/s1. The van der Waals surface area contributed by atoms with Crippen LogP contribution in [0.2, 0.25) is 0 Å². The molecule has 2 saturated heterocycles. The number of aliphatic hydroxyl groups is 4. The Balaban J connectivity index is 2.13. The zero-order valence-corrected chi connectivity index (χ0v) is 54.8. The van der Waals surface area contributed by atoms with Crippen molar-refractivity contribution in [3.63, 3.8) is 0 Å². The molecular formula is C57H98N18O21. The number of hydrogen-bond acceptors (Lipinski definition) is 22. The van der Waals surface area contributed by atoms with E-state index in [-0.39, 0.29) is 76.6 Å². The Labute approximate surface area is 553 Å². The molecule has 0 aliphatic carbocycles. The molecule has 39 heteroatoms. The number of nitrogens with two attached hydrogens (primary N) is 4. The second-order valence-electron chi connectivity index (χ2n) is 23.6. The molecule has 0 aromatic rings. The fourth-order valence-corrected chi connectivity index (χ4v) is 9.92. The molecule has 2 aliphatic heterocycles. The first-order valence-electron chi connectivity index (χ1n) is 31.5. The van der Waals surface area contributed by atoms with Gasteiger partial charge in [0.05, 0.1) is 51.5 Å². The molecule has 0 unspecified atom stereocenters. The van der Waals surface area contributed by atoms with Gasteiger partial charge in [-0.3, -0.25) is 72.1 Å². The van der Waals surface area contributed by atoms with Gasteiger partial charge in [0, 0.05) is 19.6 Å². The van der Waals surface area contributed by atoms with Crippen molar-refractivity contribution in [3.8, 4) is 0 Å². The van der Waals surface area contributed by atoms with E-state index in [2.05, 4.69) is 63.5 Å². The Kier molecular flexibility index (Phi) is 36.2. The lowest BCUT2D eigenvalue weighted by atomic mass is 9.98. The number of guanidine groups is 1. The van der Waals surface area contributed by atoms with Crippen LogP contribution in [0.15, 0.2) is 4.99 Å². The molecule has 0 spiro atoms. The highest BCUT2D eigenvalue weighted by atomic mass is 16.4. The van der Waals surface area contributed by atoms with Crippen LogP contribution in [0, 0.1) is 11.8 Å². The SMILES string of the molecule is CC[C@H](C)[C@H](NC(=O)[C@@H]1CCCN1C(=O)[C@H](CCCCN)NC(=O)[C@H](CO)NC(=O)[C@H](CO)NC(=O)[C@H](C)NC(=O)[C@@H]1CCCN1C(=O)[C@H](CO)NC(=O)[C@H](CC(=O)O)NC(=O)CNC(=O)[C@H](CCCN=C(N)N)NC(=O)CNC(=O)[C@@H](NC(=O)[C@@H](N)C(C)C)[C@@H](C)O)C(=O)O. The molecule has 0 saturated carbocycles. The van der Waals surface area contributed by atoms with Crippen molar-refractivity contribution in [2.75, 3.05) is 59.1 Å². The van der Waals surface area contributed by atoms with Gasteiger partial charge in [-0.2, -0.15) is 0 Å². The molecule has 2 aliphatic rings. The number of rotatable bonds is 42. The minimum absolute atomic E-state index is 0.00181. The van der Waals surface area contributed by atoms with Crippen LogP contribution in [0.1, 0.15) is 112 Å². The van der Waals surface area contributed by atoms with E-state index in [1.807, 2.05) is 0 Å². The van der Waals surface area contributed by atoms with Gasteiger partial charge in [-0.1, -0.05) is 34.1 Å². The first kappa shape index (κ1) is 83.2. The van der Waals surface area contributed by atoms with Crippen molar-refractivity contribution in [1.82, 2.24) is 68.3 Å². The number of carboxylic acid groups (broad SMARTS) is 2. The lowest BCUT2D eigenvalue weighted by Gasteiger charge is -2.31. The smallest absolute Gasteiger partial charge is 0.326 e. The van der Waals surface area contributed by atoms with Gasteiger partial charge in [-0.25, -0.2) is 4.79 Å². The highest BCUT2D eigenvalue weighted by Crippen LogP contribution is 2.22. The summed E-state index contributed by atoms with van der Waals surface area (Å²) in [5, 5.41) is 85.4. The van der Waals surface area contributed by atoms with Gasteiger partial charge in [0.1, 0.15) is 66.5 Å². The maximum atomic E-state index is 14.0. The third kappa shape index (κ3) is 27.1. The third-order valence-corrected chi connectivity index (χ3v) is 15.8. The molecule has 13 amide bonds. The van der Waals surface area contributed by atoms with Crippen LogP contribution >= 0.6 is 0 Å². The number of carbonyl (C=O) groups is 15. The van der Waals surface area contributed by atoms with Crippen LogP contribution in [0.3, 0.4) is 0 Å². The number of unbranched alkanes of at least 4 members (excludes halogenated alkanes) is 1. The minimum Gasteiger partial charge on any atom is -0.481 e. The maximum absolute atomic E-state index is 14.0. The van der Waals surface area contributed by atoms with E-state index in [0.29, 0.717) is 25.7 Å². The van der Waals surface area contributed by atoms with Crippen LogP contribution in [0.4, 0.5) is 0 Å². The van der Waals surface area contributed by atoms with Gasteiger partial charge in [-0.05, 0) is 90.0 Å². The van der Waals surface area contributed by atoms with Crippen molar-refractivity contribution >= 4 is 94.7 Å². The lowest BCUT2D eigenvalue weighted by Crippen LogP contribution is -2.61. The van der Waals surface area contributed by atoms with Crippen molar-refractivity contribution in [2.24, 2.45) is 39.8 Å². The van der Waals surface area contributed by atoms with E-state index < -0.39 is 213 Å². The number of aliphatic imine (C=N–C) groups is 1. The predicted octanol–water partition coefficient (Wildman–Crippen LogP) is -10.3. The molecule has 0 bridgehead atoms. The Hall–Kier alpha value is -8.92. The van der Waals surface area contributed by atoms with Crippen LogP contribution in [0.5, 0.6) is 0 Å². The number of nitrogens with one attached hydrogen (secondary N) is 11. The zero-order chi connectivity index (χ0) is 72.7. The monoisotopic (exact) mass is 1370 g/mol. The normalized spacial score (nSPS) is 18.1. The first-order valence-corrected chi connectivity index (χ1v) is 31.5. The quantitative estimate of drug-likeness (QED) is 0.0153. The summed E-state index contributed by atoms with van der Waals surface area (Å²) in [5.74, 6) is -16.9. The van der Waals surface area contributed by atoms with Gasteiger partial charge in [0.25, 0.3) is 0 Å². The Morgan fingerprint density at radius 3 is 1.48 bits per heavy atom. The molecule has 96 heavy (non-hydrogen) atoms. The Bertz CT molecular complexity index is 2760. The minimum atomic E-state index is -1.97. The average Bonchev–Trinajstić information content (AvgIpc) is 1.63. The number of hydrogen-bond donors (Lipinski definition) is 21. The highest BCUT2D eigenvalue weighted by molar-refractivity contribution is 6.00. The fourth-order valence-electron chi connectivity index (χ4n) is 9.92. The molecule has 2 fully saturated rings. The van der Waals surface area contributed by atoms with Crippen molar-refractivity contribution < 1.29 is 103 Å². The average molecular weight is 1370 g/mol. The Morgan fingerprint density at radius 2 is 1.00 bits per heavy atom. The van der Waals surface area contributed by atoms with E-state index in [4.69, 9.17) is 22.9 Å². The molecule has 0 aromatic carbocycles. The topological polar surface area (TPSA) is 633 Å². The first-order chi connectivity index (χ1) is 45.2. The number of carboxylic acids is 2. The zero-order valence-electron chi connectivity index (χ0n) is 54.8. The van der Waals surface area contributed by atoms with E-state index in [1.165, 1.54) is 18.7 Å². The molecule has 542 valence electrons. The summed E-state index contributed by atoms with van der Waals surface area (Å²) in [4.78, 5) is 204. The van der Waals surface area contributed by atoms with Crippen molar-refractivity contribution in [2.45, 2.75) is 191 Å². The molecule has 0 radical (unpaired) electrons. The summed E-state index contributed by atoms with van der Waals surface area (Å²) < 4.78 is 0. The van der Waals surface area contributed by atoms with E-state index in [0.717, 1.165) is 4.90 Å². The maximum Gasteiger partial charge on any atom is 0.326 e. The van der Waals surface area contributed by atoms with Crippen LogP contribution < -0.4 is 81.4 Å². The molecule has 14 atom stereocenters. The van der Waals surface area contributed by atoms with E-state index in [9.17, 15) is 103 Å². The second kappa shape index (κ2) is 41.8. The molecule has 2 heterocycles. The number of likely N-dealkylation sites (tertiary alicyclic amines) is 2.